The van der Waals surface area contributed by atoms with Crippen molar-refractivity contribution in [3.63, 3.8) is 0 Å². The predicted octanol–water partition coefficient (Wildman–Crippen LogP) is 3.84. The third-order valence-electron chi connectivity index (χ3n) is 3.85. The van der Waals surface area contributed by atoms with Crippen LogP contribution >= 0.6 is 0 Å². The second-order valence-corrected chi connectivity index (χ2v) is 4.89. The molecule has 1 saturated carbocycles. The predicted molar refractivity (Wildman–Crippen MR) is 67.8 cm³/mol. The van der Waals surface area contributed by atoms with Crippen LogP contribution in [0.2, 0.25) is 0 Å². The number of hydrogen-bond acceptors (Lipinski definition) is 2. The van der Waals surface area contributed by atoms with Crippen molar-refractivity contribution in [2.45, 2.75) is 53.9 Å². The largest absolute Gasteiger partial charge is 0.344 e. The van der Waals surface area contributed by atoms with Crippen LogP contribution in [0.25, 0.3) is 0 Å². The summed E-state index contributed by atoms with van der Waals surface area (Å²) >= 11 is 0. The van der Waals surface area contributed by atoms with Gasteiger partial charge < -0.3 is 11.9 Å². The van der Waals surface area contributed by atoms with E-state index in [-0.39, 0.29) is 7.58 Å². The van der Waals surface area contributed by atoms with Crippen LogP contribution in [-0.4, -0.2) is 6.54 Å². The monoisotopic (exact) mass is 204 g/mol. The van der Waals surface area contributed by atoms with E-state index >= 15 is 0 Å². The van der Waals surface area contributed by atoms with Gasteiger partial charge in [-0.1, -0.05) is 34.6 Å². The van der Waals surface area contributed by atoms with Gasteiger partial charge in [0.15, 0.2) is 0 Å². The molecule has 0 aliphatic heterocycles. The standard InChI is InChI=1S/C9H18.C3H9N.H3N.H2/c1-7(2)9(4)6-5-8(9)3;1-2-3-4;;/h7-8H,5-6H2,1-4H3;2-4H2,1H3;1H3;1H/t8-,9-;;;/m0.../s1. The van der Waals surface area contributed by atoms with E-state index in [1.165, 1.54) is 12.8 Å². The summed E-state index contributed by atoms with van der Waals surface area (Å²) in [6, 6.07) is 0. The van der Waals surface area contributed by atoms with E-state index in [2.05, 4.69) is 34.6 Å². The Morgan fingerprint density at radius 1 is 1.50 bits per heavy atom. The molecule has 2 heteroatoms. The number of nitrogens with two attached hydrogens (primary N) is 1. The van der Waals surface area contributed by atoms with Crippen LogP contribution in [0.15, 0.2) is 0 Å². The van der Waals surface area contributed by atoms with E-state index in [1.807, 2.05) is 0 Å². The Hall–Kier alpha value is -0.0800. The van der Waals surface area contributed by atoms with Crippen molar-refractivity contribution in [2.75, 3.05) is 6.54 Å². The molecule has 14 heavy (non-hydrogen) atoms. The average Bonchev–Trinajstić information content (AvgIpc) is 2.14. The van der Waals surface area contributed by atoms with Crippen LogP contribution in [0.1, 0.15) is 55.3 Å². The second kappa shape index (κ2) is 7.24. The van der Waals surface area contributed by atoms with Gasteiger partial charge in [0.25, 0.3) is 0 Å². The first kappa shape index (κ1) is 16.4. The first-order chi connectivity index (χ1) is 5.99. The molecule has 0 unspecified atom stereocenters. The zero-order valence-electron chi connectivity index (χ0n) is 10.8. The molecule has 0 amide bonds. The molecule has 90 valence electrons. The van der Waals surface area contributed by atoms with Crippen molar-refractivity contribution in [2.24, 2.45) is 23.0 Å². The third-order valence-corrected chi connectivity index (χ3v) is 3.85. The molecule has 0 bridgehead atoms. The Kier molecular flexibility index (Phi) is 8.46. The van der Waals surface area contributed by atoms with Gasteiger partial charge >= 0.3 is 0 Å². The summed E-state index contributed by atoms with van der Waals surface area (Å²) in [7, 11) is 0. The molecule has 5 N–H and O–H groups in total. The first-order valence-corrected chi connectivity index (χ1v) is 5.69. The molecular weight excluding hydrogens is 172 g/mol. The molecule has 1 rings (SSSR count). The Bertz CT molecular complexity index is 131. The Balaban J connectivity index is -0.000000213. The fourth-order valence-electron chi connectivity index (χ4n) is 1.75. The number of rotatable bonds is 2. The lowest BCUT2D eigenvalue weighted by molar-refractivity contribution is 0.0137. The summed E-state index contributed by atoms with van der Waals surface area (Å²) in [5.41, 5.74) is 5.71. The Labute approximate surface area is 91.7 Å². The van der Waals surface area contributed by atoms with E-state index in [0.717, 1.165) is 24.8 Å². The lowest BCUT2D eigenvalue weighted by Crippen LogP contribution is -2.39. The lowest BCUT2D eigenvalue weighted by Gasteiger charge is -2.49. The van der Waals surface area contributed by atoms with Gasteiger partial charge in [-0.15, -0.1) is 0 Å². The summed E-state index contributed by atoms with van der Waals surface area (Å²) < 4.78 is 0. The highest BCUT2D eigenvalue weighted by atomic mass is 14.5. The Morgan fingerprint density at radius 3 is 1.93 bits per heavy atom. The molecule has 0 radical (unpaired) electrons. The van der Waals surface area contributed by atoms with Crippen molar-refractivity contribution in [1.29, 1.82) is 0 Å². The van der Waals surface area contributed by atoms with Crippen LogP contribution in [-0.2, 0) is 0 Å². The molecule has 2 atom stereocenters. The van der Waals surface area contributed by atoms with Crippen molar-refractivity contribution >= 4 is 0 Å². The fourth-order valence-corrected chi connectivity index (χ4v) is 1.75. The minimum Gasteiger partial charge on any atom is -0.344 e. The smallest absolute Gasteiger partial charge is 0 e. The highest BCUT2D eigenvalue weighted by Crippen LogP contribution is 2.51. The molecule has 0 spiro atoms. The maximum absolute atomic E-state index is 5.03. The van der Waals surface area contributed by atoms with Crippen LogP contribution in [0.4, 0.5) is 0 Å². The maximum Gasteiger partial charge on any atom is 0 e. The lowest BCUT2D eigenvalue weighted by atomic mass is 9.57. The molecule has 0 heterocycles. The van der Waals surface area contributed by atoms with E-state index in [4.69, 9.17) is 5.73 Å². The van der Waals surface area contributed by atoms with Gasteiger partial charge in [0.05, 0.1) is 0 Å². The third kappa shape index (κ3) is 3.97. The van der Waals surface area contributed by atoms with Gasteiger partial charge in [0.1, 0.15) is 0 Å². The van der Waals surface area contributed by atoms with E-state index in [0.29, 0.717) is 5.41 Å². The Morgan fingerprint density at radius 2 is 1.93 bits per heavy atom. The molecule has 1 aliphatic carbocycles. The quantitative estimate of drug-likeness (QED) is 0.718. The van der Waals surface area contributed by atoms with Crippen LogP contribution in [0.3, 0.4) is 0 Å². The van der Waals surface area contributed by atoms with Gasteiger partial charge in [-0.2, -0.15) is 0 Å². The van der Waals surface area contributed by atoms with Crippen molar-refractivity contribution < 1.29 is 1.43 Å². The van der Waals surface area contributed by atoms with E-state index < -0.39 is 0 Å². The fraction of sp³-hybridized carbons (Fsp3) is 1.00. The molecule has 2 nitrogen and oxygen atoms in total. The highest BCUT2D eigenvalue weighted by molar-refractivity contribution is 4.91. The zero-order valence-corrected chi connectivity index (χ0v) is 10.8. The maximum atomic E-state index is 5.03. The van der Waals surface area contributed by atoms with Gasteiger partial charge in [0.2, 0.25) is 0 Å². The molecule has 1 aliphatic rings. The van der Waals surface area contributed by atoms with Crippen molar-refractivity contribution in [1.82, 2.24) is 6.15 Å². The SMILES string of the molecule is CC(C)[C@]1(C)CC[C@@H]1C.CCCN.N.[HH]. The van der Waals surface area contributed by atoms with Gasteiger partial charge in [0, 0.05) is 1.43 Å². The average molecular weight is 204 g/mol. The molecule has 0 saturated heterocycles. The summed E-state index contributed by atoms with van der Waals surface area (Å²) in [6.45, 7) is 12.4. The minimum absolute atomic E-state index is 0. The molecule has 1 fully saturated rings. The minimum atomic E-state index is 0. The zero-order chi connectivity index (χ0) is 10.5. The molecule has 0 aromatic carbocycles. The molecular formula is C12H32N2. The van der Waals surface area contributed by atoms with E-state index in [9.17, 15) is 0 Å². The van der Waals surface area contributed by atoms with Crippen LogP contribution in [0.5, 0.6) is 0 Å². The molecule has 0 aromatic heterocycles. The van der Waals surface area contributed by atoms with Crippen LogP contribution in [0, 0.1) is 17.3 Å². The van der Waals surface area contributed by atoms with Gasteiger partial charge in [-0.3, -0.25) is 0 Å². The van der Waals surface area contributed by atoms with E-state index in [1.54, 1.807) is 0 Å². The van der Waals surface area contributed by atoms with Crippen molar-refractivity contribution in [3.8, 4) is 0 Å². The summed E-state index contributed by atoms with van der Waals surface area (Å²) in [6.07, 6.45) is 4.00. The molecule has 0 aromatic rings. The summed E-state index contributed by atoms with van der Waals surface area (Å²) in [5.74, 6) is 1.85. The van der Waals surface area contributed by atoms with Gasteiger partial charge in [-0.25, -0.2) is 0 Å². The second-order valence-electron chi connectivity index (χ2n) is 4.89. The topological polar surface area (TPSA) is 61.0 Å². The number of hydrogen-bond donors (Lipinski definition) is 2. The van der Waals surface area contributed by atoms with Gasteiger partial charge in [-0.05, 0) is 43.1 Å². The van der Waals surface area contributed by atoms with Crippen LogP contribution < -0.4 is 11.9 Å². The summed E-state index contributed by atoms with van der Waals surface area (Å²) in [5, 5.41) is 0. The first-order valence-electron chi connectivity index (χ1n) is 5.69. The summed E-state index contributed by atoms with van der Waals surface area (Å²) in [4.78, 5) is 0. The highest BCUT2D eigenvalue weighted by Gasteiger charge is 2.41. The normalized spacial score (nSPS) is 29.8. The van der Waals surface area contributed by atoms with Crippen molar-refractivity contribution in [3.05, 3.63) is 0 Å².